The highest BCUT2D eigenvalue weighted by Gasteiger charge is 2.56. The molecule has 29 heavy (non-hydrogen) atoms. The number of hydrogen-bond donors (Lipinski definition) is 0. The van der Waals surface area contributed by atoms with Crippen molar-refractivity contribution in [3.63, 3.8) is 0 Å². The molecular weight excluding hydrogens is 430 g/mol. The third kappa shape index (κ3) is 2.76. The Hall–Kier alpha value is -2.47. The first-order chi connectivity index (χ1) is 14.0. The van der Waals surface area contributed by atoms with Gasteiger partial charge in [0.15, 0.2) is 0 Å². The van der Waals surface area contributed by atoms with Crippen molar-refractivity contribution in [2.75, 3.05) is 0 Å². The molecular formula is C23H22BrN3O2. The van der Waals surface area contributed by atoms with E-state index in [1.807, 2.05) is 44.2 Å². The van der Waals surface area contributed by atoms with Crippen LogP contribution in [0.25, 0.3) is 5.69 Å². The first kappa shape index (κ1) is 18.6. The lowest BCUT2D eigenvalue weighted by molar-refractivity contribution is -0.140. The van der Waals surface area contributed by atoms with Crippen LogP contribution in [0.15, 0.2) is 52.1 Å². The van der Waals surface area contributed by atoms with Gasteiger partial charge in [0.2, 0.25) is 0 Å². The molecule has 4 atom stereocenters. The molecule has 1 saturated heterocycles. The molecule has 6 heteroatoms. The lowest BCUT2D eigenvalue weighted by Crippen LogP contribution is -2.38. The maximum Gasteiger partial charge on any atom is 0.254 e. The number of para-hydroxylation sites is 1. The monoisotopic (exact) mass is 451 g/mol. The molecule has 1 aliphatic heterocycles. The molecule has 148 valence electrons. The molecule has 2 amide bonds. The molecule has 4 aliphatic rings. The van der Waals surface area contributed by atoms with E-state index in [0.717, 1.165) is 45.0 Å². The number of aromatic nitrogens is 1. The van der Waals surface area contributed by atoms with Crippen molar-refractivity contribution in [1.82, 2.24) is 9.58 Å². The lowest BCUT2D eigenvalue weighted by atomic mass is 9.63. The number of carbonyl (C=O) groups excluding carboxylic acids is 2. The molecule has 2 heterocycles. The van der Waals surface area contributed by atoms with Crippen molar-refractivity contribution in [3.8, 4) is 5.69 Å². The van der Waals surface area contributed by atoms with Crippen molar-refractivity contribution in [2.24, 2.45) is 28.8 Å². The number of aryl methyl sites for hydroxylation is 1. The average molecular weight is 452 g/mol. The highest BCUT2D eigenvalue weighted by atomic mass is 79.9. The Kier molecular flexibility index (Phi) is 4.35. The van der Waals surface area contributed by atoms with E-state index in [-0.39, 0.29) is 35.5 Å². The minimum atomic E-state index is -0.226. The standard InChI is InChI=1S/C23H22BrN3O2/c1-13-11-17(14(2)26(13)19-6-4-3-5-18(19)24)12-25-27-22(28)20-15-7-8-16(10-9-15)21(20)23(27)29/h3-8,11-12,15-16,20-21H,9-10H2,1-2H3/b25-12-/t15-,16-,20-,21+/m0/s1. The summed E-state index contributed by atoms with van der Waals surface area (Å²) < 4.78 is 3.14. The number of fused-ring (bicyclic) bond motifs is 1. The molecule has 0 unspecified atom stereocenters. The molecule has 0 radical (unpaired) electrons. The third-order valence-electron chi connectivity index (χ3n) is 6.61. The van der Waals surface area contributed by atoms with E-state index in [0.29, 0.717) is 0 Å². The summed E-state index contributed by atoms with van der Waals surface area (Å²) in [6.07, 6.45) is 7.88. The Bertz CT molecular complexity index is 1050. The topological polar surface area (TPSA) is 54.7 Å². The fourth-order valence-electron chi connectivity index (χ4n) is 5.21. The van der Waals surface area contributed by atoms with Gasteiger partial charge in [0.25, 0.3) is 11.8 Å². The lowest BCUT2D eigenvalue weighted by Gasteiger charge is -2.37. The zero-order valence-electron chi connectivity index (χ0n) is 16.4. The van der Waals surface area contributed by atoms with Gasteiger partial charge < -0.3 is 4.57 Å². The van der Waals surface area contributed by atoms with E-state index in [9.17, 15) is 9.59 Å². The number of nitrogens with zero attached hydrogens (tertiary/aromatic N) is 3. The van der Waals surface area contributed by atoms with E-state index in [2.05, 4.69) is 37.8 Å². The molecule has 0 spiro atoms. The van der Waals surface area contributed by atoms with Crippen LogP contribution in [0, 0.1) is 37.5 Å². The van der Waals surface area contributed by atoms with Crippen LogP contribution < -0.4 is 0 Å². The van der Waals surface area contributed by atoms with Gasteiger partial charge in [-0.25, -0.2) is 0 Å². The molecule has 3 aliphatic carbocycles. The van der Waals surface area contributed by atoms with Crippen LogP contribution in [-0.2, 0) is 9.59 Å². The first-order valence-electron chi connectivity index (χ1n) is 10.0. The molecule has 1 aromatic heterocycles. The van der Waals surface area contributed by atoms with Crippen LogP contribution >= 0.6 is 15.9 Å². The van der Waals surface area contributed by atoms with Gasteiger partial charge >= 0.3 is 0 Å². The molecule has 2 aromatic rings. The molecule has 2 fully saturated rings. The number of hydrogen-bond acceptors (Lipinski definition) is 3. The van der Waals surface area contributed by atoms with Crippen LogP contribution in [0.3, 0.4) is 0 Å². The molecule has 6 rings (SSSR count). The van der Waals surface area contributed by atoms with Crippen LogP contribution in [0.4, 0.5) is 0 Å². The summed E-state index contributed by atoms with van der Waals surface area (Å²) in [7, 11) is 0. The second-order valence-corrected chi connectivity index (χ2v) is 9.04. The van der Waals surface area contributed by atoms with Crippen molar-refractivity contribution >= 4 is 34.0 Å². The quantitative estimate of drug-likeness (QED) is 0.394. The summed E-state index contributed by atoms with van der Waals surface area (Å²) in [5.74, 6) is -0.374. The Morgan fingerprint density at radius 1 is 1.03 bits per heavy atom. The van der Waals surface area contributed by atoms with E-state index in [4.69, 9.17) is 0 Å². The van der Waals surface area contributed by atoms with Gasteiger partial charge in [0, 0.05) is 21.4 Å². The van der Waals surface area contributed by atoms with E-state index in [1.165, 1.54) is 0 Å². The maximum atomic E-state index is 12.9. The Balaban J connectivity index is 1.46. The zero-order chi connectivity index (χ0) is 20.3. The van der Waals surface area contributed by atoms with Gasteiger partial charge in [-0.1, -0.05) is 24.3 Å². The SMILES string of the molecule is Cc1cc(/C=N\N2C(=O)[C@@H]3[C@H](C2=O)[C@H]2C=C[C@H]3CC2)c(C)n1-c1ccccc1Br. The minimum absolute atomic E-state index is 0.144. The summed E-state index contributed by atoms with van der Waals surface area (Å²) in [6.45, 7) is 4.05. The predicted molar refractivity (Wildman–Crippen MR) is 115 cm³/mol. The highest BCUT2D eigenvalue weighted by molar-refractivity contribution is 9.10. The summed E-state index contributed by atoms with van der Waals surface area (Å²) >= 11 is 3.61. The van der Waals surface area contributed by atoms with E-state index < -0.39 is 0 Å². The van der Waals surface area contributed by atoms with E-state index in [1.54, 1.807) is 6.21 Å². The largest absolute Gasteiger partial charge is 0.317 e. The molecule has 0 N–H and O–H groups in total. The Morgan fingerprint density at radius 2 is 1.66 bits per heavy atom. The number of hydrazone groups is 1. The van der Waals surface area contributed by atoms with Gasteiger partial charge in [-0.2, -0.15) is 10.1 Å². The third-order valence-corrected chi connectivity index (χ3v) is 7.28. The predicted octanol–water partition coefficient (Wildman–Crippen LogP) is 4.39. The average Bonchev–Trinajstić information content (AvgIpc) is 3.16. The number of amides is 2. The van der Waals surface area contributed by atoms with Crippen molar-refractivity contribution in [2.45, 2.75) is 26.7 Å². The van der Waals surface area contributed by atoms with Gasteiger partial charge in [0.1, 0.15) is 0 Å². The van der Waals surface area contributed by atoms with Gasteiger partial charge in [0.05, 0.1) is 23.7 Å². The van der Waals surface area contributed by atoms with Crippen LogP contribution in [-0.4, -0.2) is 27.6 Å². The number of allylic oxidation sites excluding steroid dienone is 2. The number of halogens is 1. The summed E-state index contributed by atoms with van der Waals surface area (Å²) in [4.78, 5) is 25.9. The number of benzene rings is 1. The summed E-state index contributed by atoms with van der Waals surface area (Å²) in [6, 6.07) is 10.1. The van der Waals surface area contributed by atoms with E-state index >= 15 is 0 Å². The number of rotatable bonds is 3. The van der Waals surface area contributed by atoms with Crippen LogP contribution in [0.5, 0.6) is 0 Å². The Labute approximate surface area is 178 Å². The van der Waals surface area contributed by atoms with Gasteiger partial charge in [-0.05, 0) is 72.7 Å². The number of carbonyl (C=O) groups is 2. The highest BCUT2D eigenvalue weighted by Crippen LogP contribution is 2.49. The fraction of sp³-hybridized carbons (Fsp3) is 0.348. The Morgan fingerprint density at radius 3 is 2.24 bits per heavy atom. The summed E-state index contributed by atoms with van der Waals surface area (Å²) in [5.41, 5.74) is 4.02. The van der Waals surface area contributed by atoms with Gasteiger partial charge in [-0.3, -0.25) is 9.59 Å². The number of imide groups is 1. The molecule has 1 aromatic carbocycles. The second kappa shape index (κ2) is 6.80. The smallest absolute Gasteiger partial charge is 0.254 e. The zero-order valence-corrected chi connectivity index (χ0v) is 18.0. The van der Waals surface area contributed by atoms with Crippen molar-refractivity contribution in [3.05, 3.63) is 63.9 Å². The van der Waals surface area contributed by atoms with Crippen molar-refractivity contribution in [1.29, 1.82) is 0 Å². The van der Waals surface area contributed by atoms with Gasteiger partial charge in [-0.15, -0.1) is 0 Å². The maximum absolute atomic E-state index is 12.9. The van der Waals surface area contributed by atoms with Crippen molar-refractivity contribution < 1.29 is 9.59 Å². The van der Waals surface area contributed by atoms with Crippen LogP contribution in [0.2, 0.25) is 0 Å². The molecule has 1 saturated carbocycles. The molecule has 2 bridgehead atoms. The summed E-state index contributed by atoms with van der Waals surface area (Å²) in [5, 5.41) is 5.49. The normalized spacial score (nSPS) is 28.0. The second-order valence-electron chi connectivity index (χ2n) is 8.19. The molecule has 5 nitrogen and oxygen atoms in total. The van der Waals surface area contributed by atoms with Crippen LogP contribution in [0.1, 0.15) is 29.8 Å². The fourth-order valence-corrected chi connectivity index (χ4v) is 5.68. The minimum Gasteiger partial charge on any atom is -0.317 e. The first-order valence-corrected chi connectivity index (χ1v) is 10.8.